The maximum atomic E-state index is 14.2. The number of aromatic nitrogens is 1. The Morgan fingerprint density at radius 1 is 1.04 bits per heavy atom. The highest BCUT2D eigenvalue weighted by atomic mass is 19.1. The summed E-state index contributed by atoms with van der Waals surface area (Å²) in [6.45, 7) is 2.50. The molecule has 5 rings (SSSR count). The van der Waals surface area contributed by atoms with Crippen LogP contribution in [0.2, 0.25) is 0 Å². The van der Waals surface area contributed by atoms with Gasteiger partial charge in [-0.05, 0) is 48.1 Å². The van der Waals surface area contributed by atoms with E-state index in [2.05, 4.69) is 4.57 Å². The summed E-state index contributed by atoms with van der Waals surface area (Å²) in [5, 5.41) is 1.03. The van der Waals surface area contributed by atoms with Crippen molar-refractivity contribution < 1.29 is 13.9 Å². The van der Waals surface area contributed by atoms with E-state index in [1.165, 1.54) is 16.8 Å². The van der Waals surface area contributed by atoms with Crippen LogP contribution in [0.5, 0.6) is 0 Å². The quantitative estimate of drug-likeness (QED) is 0.660. The van der Waals surface area contributed by atoms with Crippen LogP contribution in [0.25, 0.3) is 10.9 Å². The van der Waals surface area contributed by atoms with Crippen molar-refractivity contribution in [3.63, 3.8) is 0 Å². The number of carbonyl (C=O) groups is 1. The van der Waals surface area contributed by atoms with Crippen LogP contribution in [-0.4, -0.2) is 28.6 Å². The molecule has 0 radical (unpaired) electrons. The lowest BCUT2D eigenvalue weighted by molar-refractivity contribution is 0.0976. The summed E-state index contributed by atoms with van der Waals surface area (Å²) in [6.07, 6.45) is 3.22. The van der Waals surface area contributed by atoms with E-state index in [0.29, 0.717) is 13.1 Å². The van der Waals surface area contributed by atoms with Gasteiger partial charge >= 0.3 is 6.09 Å². The Bertz CT molecular complexity index is 1040. The van der Waals surface area contributed by atoms with Crippen molar-refractivity contribution in [2.24, 2.45) is 0 Å². The summed E-state index contributed by atoms with van der Waals surface area (Å²) in [4.78, 5) is 14.4. The number of hydrogen-bond donors (Lipinski definition) is 0. The first-order valence-corrected chi connectivity index (χ1v) is 9.99. The molecule has 3 heterocycles. The van der Waals surface area contributed by atoms with Crippen molar-refractivity contribution in [3.8, 4) is 0 Å². The number of amides is 1. The van der Waals surface area contributed by atoms with E-state index in [9.17, 15) is 9.18 Å². The Labute approximate surface area is 163 Å². The summed E-state index contributed by atoms with van der Waals surface area (Å²) in [5.74, 6) is -0.160. The molecule has 5 heteroatoms. The molecule has 0 saturated carbocycles. The molecule has 0 N–H and O–H groups in total. The normalized spacial score (nSPS) is 16.0. The van der Waals surface area contributed by atoms with Crippen LogP contribution < -0.4 is 0 Å². The number of hydrogen-bond acceptors (Lipinski definition) is 2. The maximum Gasteiger partial charge on any atom is 0.410 e. The second-order valence-corrected chi connectivity index (χ2v) is 7.67. The van der Waals surface area contributed by atoms with Crippen molar-refractivity contribution in [2.45, 2.75) is 38.8 Å². The van der Waals surface area contributed by atoms with Crippen molar-refractivity contribution in [1.29, 1.82) is 0 Å². The second kappa shape index (κ2) is 6.97. The van der Waals surface area contributed by atoms with Gasteiger partial charge in [0.15, 0.2) is 0 Å². The monoisotopic (exact) mass is 378 g/mol. The van der Waals surface area contributed by atoms with Crippen LogP contribution in [0.1, 0.15) is 28.8 Å². The zero-order valence-corrected chi connectivity index (χ0v) is 15.8. The second-order valence-electron chi connectivity index (χ2n) is 7.67. The highest BCUT2D eigenvalue weighted by Crippen LogP contribution is 2.35. The summed E-state index contributed by atoms with van der Waals surface area (Å²) in [5.41, 5.74) is 5.78. The number of carbonyl (C=O) groups excluding carboxylic acids is 1. The SMILES string of the molecule is O=C(OCc1ccccc1)N1CCc2c(n3c4c(cc(F)cc24)CCC3)CC1. The van der Waals surface area contributed by atoms with Gasteiger partial charge in [0.25, 0.3) is 0 Å². The molecule has 28 heavy (non-hydrogen) atoms. The van der Waals surface area contributed by atoms with Gasteiger partial charge in [-0.25, -0.2) is 9.18 Å². The van der Waals surface area contributed by atoms with E-state index >= 15 is 0 Å². The van der Waals surface area contributed by atoms with Gasteiger partial charge < -0.3 is 14.2 Å². The summed E-state index contributed by atoms with van der Waals surface area (Å²) >= 11 is 0. The Morgan fingerprint density at radius 3 is 2.71 bits per heavy atom. The van der Waals surface area contributed by atoms with Crippen molar-refractivity contribution in [3.05, 3.63) is 70.7 Å². The molecule has 0 saturated heterocycles. The van der Waals surface area contributed by atoms with E-state index in [0.717, 1.165) is 48.7 Å². The molecule has 3 aromatic rings. The Kier molecular flexibility index (Phi) is 4.30. The first-order chi connectivity index (χ1) is 13.7. The first kappa shape index (κ1) is 17.3. The lowest BCUT2D eigenvalue weighted by Gasteiger charge is -2.21. The standard InChI is InChI=1S/C23H23FN2O2/c24-18-13-17-7-4-10-26-21-9-12-25(11-8-19(21)20(14-18)22(17)26)23(27)28-15-16-5-2-1-3-6-16/h1-3,5-6,13-14H,4,7-12,15H2. The molecule has 0 atom stereocenters. The topological polar surface area (TPSA) is 34.5 Å². The Balaban J connectivity index is 1.37. The number of halogens is 1. The Morgan fingerprint density at radius 2 is 1.86 bits per heavy atom. The molecule has 144 valence electrons. The average molecular weight is 378 g/mol. The van der Waals surface area contributed by atoms with Crippen LogP contribution in [0, 0.1) is 5.82 Å². The highest BCUT2D eigenvalue weighted by Gasteiger charge is 2.27. The minimum atomic E-state index is -0.274. The summed E-state index contributed by atoms with van der Waals surface area (Å²) in [6, 6.07) is 13.1. The maximum absolute atomic E-state index is 14.2. The third kappa shape index (κ3) is 2.95. The smallest absolute Gasteiger partial charge is 0.410 e. The van der Waals surface area contributed by atoms with Crippen molar-refractivity contribution in [1.82, 2.24) is 9.47 Å². The molecular weight excluding hydrogens is 355 g/mol. The minimum Gasteiger partial charge on any atom is -0.445 e. The van der Waals surface area contributed by atoms with E-state index in [1.54, 1.807) is 17.0 Å². The van der Waals surface area contributed by atoms with Gasteiger partial charge in [-0.15, -0.1) is 0 Å². The van der Waals surface area contributed by atoms with Gasteiger partial charge in [0, 0.05) is 37.1 Å². The molecule has 2 aliphatic heterocycles. The van der Waals surface area contributed by atoms with Crippen molar-refractivity contribution in [2.75, 3.05) is 13.1 Å². The summed E-state index contributed by atoms with van der Waals surface area (Å²) in [7, 11) is 0. The number of rotatable bonds is 2. The molecule has 0 spiro atoms. The molecule has 0 unspecified atom stereocenters. The summed E-state index contributed by atoms with van der Waals surface area (Å²) < 4.78 is 22.0. The third-order valence-corrected chi connectivity index (χ3v) is 5.96. The lowest BCUT2D eigenvalue weighted by atomic mass is 10.0. The molecular formula is C23H23FN2O2. The number of fused-ring (bicyclic) bond motifs is 3. The van der Waals surface area contributed by atoms with Gasteiger partial charge in [-0.1, -0.05) is 30.3 Å². The Hall–Kier alpha value is -2.82. The van der Waals surface area contributed by atoms with E-state index in [-0.39, 0.29) is 18.5 Å². The largest absolute Gasteiger partial charge is 0.445 e. The fourth-order valence-corrected chi connectivity index (χ4v) is 4.68. The van der Waals surface area contributed by atoms with Crippen molar-refractivity contribution >= 4 is 17.0 Å². The number of ether oxygens (including phenoxy) is 1. The fraction of sp³-hybridized carbons (Fsp3) is 0.348. The van der Waals surface area contributed by atoms with Crippen LogP contribution in [-0.2, 0) is 37.2 Å². The van der Waals surface area contributed by atoms with E-state index in [1.807, 2.05) is 30.3 Å². The number of nitrogens with zero attached hydrogens (tertiary/aromatic N) is 2. The first-order valence-electron chi connectivity index (χ1n) is 9.99. The molecule has 1 amide bonds. The van der Waals surface area contributed by atoms with Gasteiger partial charge in [0.05, 0.1) is 5.52 Å². The molecule has 4 nitrogen and oxygen atoms in total. The molecule has 2 aliphatic rings. The average Bonchev–Trinajstić information content (AvgIpc) is 2.88. The van der Waals surface area contributed by atoms with Crippen LogP contribution in [0.4, 0.5) is 9.18 Å². The van der Waals surface area contributed by atoms with E-state index < -0.39 is 0 Å². The van der Waals surface area contributed by atoms with Gasteiger partial charge in [0.1, 0.15) is 12.4 Å². The van der Waals surface area contributed by atoms with E-state index in [4.69, 9.17) is 4.74 Å². The molecule has 0 fully saturated rings. The third-order valence-electron chi connectivity index (χ3n) is 5.96. The number of aryl methyl sites for hydroxylation is 2. The predicted molar refractivity (Wildman–Crippen MR) is 106 cm³/mol. The zero-order valence-electron chi connectivity index (χ0n) is 15.8. The van der Waals surface area contributed by atoms with Gasteiger partial charge in [-0.2, -0.15) is 0 Å². The zero-order chi connectivity index (χ0) is 19.1. The minimum absolute atomic E-state index is 0.160. The molecule has 0 bridgehead atoms. The van der Waals surface area contributed by atoms with Gasteiger partial charge in [0.2, 0.25) is 0 Å². The molecule has 1 aromatic heterocycles. The molecule has 0 aliphatic carbocycles. The highest BCUT2D eigenvalue weighted by molar-refractivity contribution is 5.89. The van der Waals surface area contributed by atoms with Crippen LogP contribution in [0.3, 0.4) is 0 Å². The van der Waals surface area contributed by atoms with Crippen LogP contribution >= 0.6 is 0 Å². The fourth-order valence-electron chi connectivity index (χ4n) is 4.68. The predicted octanol–water partition coefficient (Wildman–Crippen LogP) is 4.46. The van der Waals surface area contributed by atoms with Gasteiger partial charge in [-0.3, -0.25) is 0 Å². The lowest BCUT2D eigenvalue weighted by Crippen LogP contribution is -2.34. The van der Waals surface area contributed by atoms with Crippen LogP contribution in [0.15, 0.2) is 42.5 Å². The molecule has 2 aromatic carbocycles. The number of benzene rings is 2.